The van der Waals surface area contributed by atoms with Crippen LogP contribution < -0.4 is 10.5 Å². The number of methoxy groups -OCH3 is 1. The number of nitrogens with two attached hydrogens (primary N) is 1. The third-order valence-corrected chi connectivity index (χ3v) is 3.40. The number of anilines is 1. The molecule has 0 radical (unpaired) electrons. The Morgan fingerprint density at radius 2 is 2.10 bits per heavy atom. The van der Waals surface area contributed by atoms with Gasteiger partial charge in [-0.2, -0.15) is 0 Å². The number of hydrogen-bond donors (Lipinski definition) is 1. The first-order chi connectivity index (χ1) is 9.58. The Morgan fingerprint density at radius 1 is 1.35 bits per heavy atom. The van der Waals surface area contributed by atoms with Crippen molar-refractivity contribution in [1.29, 1.82) is 0 Å². The molecule has 0 aliphatic carbocycles. The second-order valence-electron chi connectivity index (χ2n) is 4.88. The molecule has 2 rings (SSSR count). The number of rotatable bonds is 5. The first kappa shape index (κ1) is 14.3. The summed E-state index contributed by atoms with van der Waals surface area (Å²) in [4.78, 5) is 4.48. The lowest BCUT2D eigenvalue weighted by molar-refractivity contribution is 0.406. The fourth-order valence-electron chi connectivity index (χ4n) is 2.34. The lowest BCUT2D eigenvalue weighted by atomic mass is 10.1. The summed E-state index contributed by atoms with van der Waals surface area (Å²) in [5.41, 5.74) is 9.81. The molecular weight excluding hydrogens is 254 g/mol. The van der Waals surface area contributed by atoms with E-state index in [1.54, 1.807) is 7.11 Å². The van der Waals surface area contributed by atoms with E-state index in [-0.39, 0.29) is 0 Å². The molecule has 2 aromatic heterocycles. The fraction of sp³-hybridized carbons (Fsp3) is 0.500. The third kappa shape index (κ3) is 2.59. The van der Waals surface area contributed by atoms with Crippen molar-refractivity contribution in [3.05, 3.63) is 28.7 Å². The summed E-state index contributed by atoms with van der Waals surface area (Å²) in [6.07, 6.45) is 3.68. The summed E-state index contributed by atoms with van der Waals surface area (Å²) < 4.78 is 7.25. The molecule has 2 aromatic rings. The highest BCUT2D eigenvalue weighted by molar-refractivity contribution is 5.41. The summed E-state index contributed by atoms with van der Waals surface area (Å²) in [6.45, 7) is 6.66. The zero-order valence-corrected chi connectivity index (χ0v) is 12.5. The smallest absolute Gasteiger partial charge is 0.169 e. The molecule has 0 saturated heterocycles. The van der Waals surface area contributed by atoms with E-state index in [9.17, 15) is 0 Å². The zero-order chi connectivity index (χ0) is 14.7. The summed E-state index contributed by atoms with van der Waals surface area (Å²) in [7, 11) is 1.68. The number of aryl methyl sites for hydroxylation is 1. The normalized spacial score (nSPS) is 10.8. The van der Waals surface area contributed by atoms with Crippen LogP contribution in [0.2, 0.25) is 0 Å². The summed E-state index contributed by atoms with van der Waals surface area (Å²) in [5.74, 6) is 1.38. The Morgan fingerprint density at radius 3 is 2.75 bits per heavy atom. The molecule has 108 valence electrons. The fourth-order valence-corrected chi connectivity index (χ4v) is 2.34. The Kier molecular flexibility index (Phi) is 4.22. The number of pyridine rings is 1. The van der Waals surface area contributed by atoms with Gasteiger partial charge < -0.3 is 10.5 Å². The highest BCUT2D eigenvalue weighted by Crippen LogP contribution is 2.24. The monoisotopic (exact) mass is 275 g/mol. The van der Waals surface area contributed by atoms with Crippen molar-refractivity contribution in [2.45, 2.75) is 40.2 Å². The molecule has 6 heteroatoms. The van der Waals surface area contributed by atoms with Crippen LogP contribution in [0.4, 0.5) is 5.82 Å². The van der Waals surface area contributed by atoms with Gasteiger partial charge in [-0.3, -0.25) is 4.98 Å². The number of aromatic nitrogens is 4. The third-order valence-electron chi connectivity index (χ3n) is 3.40. The lowest BCUT2D eigenvalue weighted by Crippen LogP contribution is -2.11. The van der Waals surface area contributed by atoms with E-state index in [4.69, 9.17) is 10.5 Å². The Bertz CT molecular complexity index is 606. The largest absolute Gasteiger partial charge is 0.496 e. The van der Waals surface area contributed by atoms with Gasteiger partial charge in [0.05, 0.1) is 25.0 Å². The van der Waals surface area contributed by atoms with Gasteiger partial charge in [0.2, 0.25) is 0 Å². The standard InChI is InChI=1S/C14H21N5O/c1-5-6-12-14(15)17-18-19(12)8-11-10(3)13(20-4)9(2)7-16-11/h7H,5-6,8,15H2,1-4H3. The van der Waals surface area contributed by atoms with Crippen molar-refractivity contribution in [3.8, 4) is 5.75 Å². The number of nitrogens with zero attached hydrogens (tertiary/aromatic N) is 4. The van der Waals surface area contributed by atoms with Gasteiger partial charge in [-0.1, -0.05) is 18.6 Å². The van der Waals surface area contributed by atoms with Gasteiger partial charge in [-0.05, 0) is 20.3 Å². The minimum Gasteiger partial charge on any atom is -0.496 e. The van der Waals surface area contributed by atoms with Crippen LogP contribution in [0.3, 0.4) is 0 Å². The first-order valence-electron chi connectivity index (χ1n) is 6.75. The molecule has 0 saturated carbocycles. The van der Waals surface area contributed by atoms with Crippen LogP contribution in [0.15, 0.2) is 6.20 Å². The minimum absolute atomic E-state index is 0.503. The summed E-state index contributed by atoms with van der Waals surface area (Å²) in [5, 5.41) is 8.06. The average Bonchev–Trinajstić information content (AvgIpc) is 2.76. The Hall–Kier alpha value is -2.11. The van der Waals surface area contributed by atoms with Gasteiger partial charge in [0.1, 0.15) is 5.75 Å². The van der Waals surface area contributed by atoms with Crippen molar-refractivity contribution >= 4 is 5.82 Å². The Balaban J connectivity index is 2.35. The van der Waals surface area contributed by atoms with Crippen LogP contribution >= 0.6 is 0 Å². The second kappa shape index (κ2) is 5.90. The van der Waals surface area contributed by atoms with Crippen molar-refractivity contribution in [2.75, 3.05) is 12.8 Å². The van der Waals surface area contributed by atoms with Crippen LogP contribution in [0.25, 0.3) is 0 Å². The second-order valence-corrected chi connectivity index (χ2v) is 4.88. The van der Waals surface area contributed by atoms with Crippen LogP contribution in [0.5, 0.6) is 5.75 Å². The highest BCUT2D eigenvalue weighted by Gasteiger charge is 2.14. The van der Waals surface area contributed by atoms with E-state index in [1.165, 1.54) is 0 Å². The van der Waals surface area contributed by atoms with E-state index in [2.05, 4.69) is 22.2 Å². The molecule has 0 unspecified atom stereocenters. The lowest BCUT2D eigenvalue weighted by Gasteiger charge is -2.13. The van der Waals surface area contributed by atoms with E-state index in [1.807, 2.05) is 24.7 Å². The number of hydrogen-bond acceptors (Lipinski definition) is 5. The Labute approximate surface area is 119 Å². The van der Waals surface area contributed by atoms with Gasteiger partial charge in [0.25, 0.3) is 0 Å². The topological polar surface area (TPSA) is 78.9 Å². The summed E-state index contributed by atoms with van der Waals surface area (Å²) in [6, 6.07) is 0. The van der Waals surface area contributed by atoms with E-state index in [0.717, 1.165) is 41.1 Å². The van der Waals surface area contributed by atoms with Crippen molar-refractivity contribution in [1.82, 2.24) is 20.0 Å². The molecule has 20 heavy (non-hydrogen) atoms. The molecule has 0 fully saturated rings. The quantitative estimate of drug-likeness (QED) is 0.901. The molecule has 0 aromatic carbocycles. The molecule has 0 aliphatic rings. The maximum Gasteiger partial charge on any atom is 0.169 e. The van der Waals surface area contributed by atoms with Crippen LogP contribution in [0, 0.1) is 13.8 Å². The molecule has 0 bridgehead atoms. The van der Waals surface area contributed by atoms with E-state index in [0.29, 0.717) is 12.4 Å². The van der Waals surface area contributed by atoms with Crippen LogP contribution in [-0.4, -0.2) is 27.1 Å². The zero-order valence-electron chi connectivity index (χ0n) is 12.5. The molecule has 0 atom stereocenters. The van der Waals surface area contributed by atoms with Gasteiger partial charge in [0, 0.05) is 17.3 Å². The molecule has 2 N–H and O–H groups in total. The minimum atomic E-state index is 0.503. The molecule has 2 heterocycles. The van der Waals surface area contributed by atoms with Crippen molar-refractivity contribution in [3.63, 3.8) is 0 Å². The van der Waals surface area contributed by atoms with Crippen molar-refractivity contribution in [2.24, 2.45) is 0 Å². The molecule has 0 amide bonds. The number of ether oxygens (including phenoxy) is 1. The molecule has 0 spiro atoms. The highest BCUT2D eigenvalue weighted by atomic mass is 16.5. The summed E-state index contributed by atoms with van der Waals surface area (Å²) >= 11 is 0. The average molecular weight is 275 g/mol. The maximum atomic E-state index is 5.86. The van der Waals surface area contributed by atoms with Gasteiger partial charge >= 0.3 is 0 Å². The SMILES string of the molecule is CCCc1c(N)nnn1Cc1ncc(C)c(OC)c1C. The van der Waals surface area contributed by atoms with Crippen LogP contribution in [-0.2, 0) is 13.0 Å². The molecule has 6 nitrogen and oxygen atoms in total. The molecule has 0 aliphatic heterocycles. The van der Waals surface area contributed by atoms with Gasteiger partial charge in [0.15, 0.2) is 5.82 Å². The predicted molar refractivity (Wildman–Crippen MR) is 77.8 cm³/mol. The first-order valence-corrected chi connectivity index (χ1v) is 6.75. The number of nitrogen functional groups attached to an aromatic ring is 1. The van der Waals surface area contributed by atoms with E-state index >= 15 is 0 Å². The maximum absolute atomic E-state index is 5.86. The van der Waals surface area contributed by atoms with Gasteiger partial charge in [-0.15, -0.1) is 5.10 Å². The van der Waals surface area contributed by atoms with E-state index < -0.39 is 0 Å². The van der Waals surface area contributed by atoms with Gasteiger partial charge in [-0.25, -0.2) is 4.68 Å². The predicted octanol–water partition coefficient (Wildman–Crippen LogP) is 1.88. The molecular formula is C14H21N5O. The van der Waals surface area contributed by atoms with Crippen LogP contribution in [0.1, 0.15) is 35.9 Å². The van der Waals surface area contributed by atoms with Crippen molar-refractivity contribution < 1.29 is 4.74 Å².